The summed E-state index contributed by atoms with van der Waals surface area (Å²) in [6, 6.07) is 7.90. The molecular weight excluding hydrogens is 193 g/mol. The van der Waals surface area contributed by atoms with Gasteiger partial charge in [-0.1, -0.05) is 12.1 Å². The van der Waals surface area contributed by atoms with Crippen molar-refractivity contribution in [1.29, 1.82) is 0 Å². The maximum atomic E-state index is 13.6. The molecule has 1 aromatic rings. The number of hydrogen-bond donors (Lipinski definition) is 1. The maximum Gasteiger partial charge on any atom is 0.122 e. The topological polar surface area (TPSA) is 21.3 Å². The molecule has 2 unspecified atom stereocenters. The molecule has 1 saturated heterocycles. The van der Waals surface area contributed by atoms with Gasteiger partial charge in [-0.15, -0.1) is 0 Å². The fourth-order valence-electron chi connectivity index (χ4n) is 2.00. The highest BCUT2D eigenvalue weighted by Gasteiger charge is 2.35. The van der Waals surface area contributed by atoms with Crippen molar-refractivity contribution in [1.82, 2.24) is 5.32 Å². The van der Waals surface area contributed by atoms with Gasteiger partial charge in [0, 0.05) is 19.0 Å². The quantitative estimate of drug-likeness (QED) is 0.807. The molecule has 1 aliphatic heterocycles. The van der Waals surface area contributed by atoms with E-state index < -0.39 is 5.67 Å². The zero-order valence-corrected chi connectivity index (χ0v) is 9.09. The molecule has 0 aliphatic carbocycles. The van der Waals surface area contributed by atoms with Crippen molar-refractivity contribution in [2.24, 2.45) is 0 Å². The lowest BCUT2D eigenvalue weighted by atomic mass is 9.99. The number of benzene rings is 1. The van der Waals surface area contributed by atoms with Crippen molar-refractivity contribution in [3.8, 4) is 5.75 Å². The van der Waals surface area contributed by atoms with Gasteiger partial charge in [-0.05, 0) is 24.6 Å². The zero-order chi connectivity index (χ0) is 10.9. The van der Waals surface area contributed by atoms with Crippen LogP contribution in [-0.4, -0.2) is 19.3 Å². The summed E-state index contributed by atoms with van der Waals surface area (Å²) in [5.41, 5.74) is 0.00372. The minimum Gasteiger partial charge on any atom is -0.497 e. The van der Waals surface area contributed by atoms with Crippen LogP contribution < -0.4 is 10.1 Å². The monoisotopic (exact) mass is 209 g/mol. The Bertz CT molecular complexity index is 351. The first-order valence-electron chi connectivity index (χ1n) is 5.17. The molecule has 0 radical (unpaired) electrons. The molecule has 0 saturated carbocycles. The van der Waals surface area contributed by atoms with E-state index in [2.05, 4.69) is 5.32 Å². The number of rotatable bonds is 2. The van der Waals surface area contributed by atoms with E-state index in [-0.39, 0.29) is 6.04 Å². The van der Waals surface area contributed by atoms with Gasteiger partial charge in [0.15, 0.2) is 0 Å². The van der Waals surface area contributed by atoms with E-state index >= 15 is 0 Å². The lowest BCUT2D eigenvalue weighted by Crippen LogP contribution is -2.20. The van der Waals surface area contributed by atoms with E-state index in [9.17, 15) is 4.39 Å². The van der Waals surface area contributed by atoms with Crippen LogP contribution >= 0.6 is 0 Å². The molecule has 1 heterocycles. The van der Waals surface area contributed by atoms with E-state index in [1.54, 1.807) is 14.0 Å². The van der Waals surface area contributed by atoms with Gasteiger partial charge in [-0.25, -0.2) is 4.39 Å². The number of methoxy groups -OCH3 is 1. The Labute approximate surface area is 89.4 Å². The zero-order valence-electron chi connectivity index (χ0n) is 9.09. The van der Waals surface area contributed by atoms with Crippen molar-refractivity contribution in [3.63, 3.8) is 0 Å². The first kappa shape index (κ1) is 10.4. The predicted molar refractivity (Wildman–Crippen MR) is 57.9 cm³/mol. The third-order valence-corrected chi connectivity index (χ3v) is 2.84. The minimum atomic E-state index is -1.09. The van der Waals surface area contributed by atoms with Gasteiger partial charge in [0.1, 0.15) is 11.4 Å². The maximum absolute atomic E-state index is 13.6. The molecular formula is C12H16FNO. The van der Waals surface area contributed by atoms with Crippen molar-refractivity contribution in [2.45, 2.75) is 25.1 Å². The SMILES string of the molecule is COc1cccc(C2CC(C)(F)CN2)c1. The van der Waals surface area contributed by atoms with Crippen LogP contribution in [0.15, 0.2) is 24.3 Å². The standard InChI is InChI=1S/C12H16FNO/c1-12(13)7-11(14-8-12)9-4-3-5-10(6-9)15-2/h3-6,11,14H,7-8H2,1-2H3. The fraction of sp³-hybridized carbons (Fsp3) is 0.500. The summed E-state index contributed by atoms with van der Waals surface area (Å²) in [6.45, 7) is 2.06. The molecule has 82 valence electrons. The van der Waals surface area contributed by atoms with E-state index in [0.717, 1.165) is 11.3 Å². The van der Waals surface area contributed by atoms with Gasteiger partial charge in [-0.2, -0.15) is 0 Å². The Hall–Kier alpha value is -1.09. The third-order valence-electron chi connectivity index (χ3n) is 2.84. The van der Waals surface area contributed by atoms with Crippen molar-refractivity contribution >= 4 is 0 Å². The van der Waals surface area contributed by atoms with Crippen molar-refractivity contribution in [3.05, 3.63) is 29.8 Å². The third kappa shape index (κ3) is 2.29. The number of halogens is 1. The molecule has 2 rings (SSSR count). The summed E-state index contributed by atoms with van der Waals surface area (Å²) in [4.78, 5) is 0. The van der Waals surface area contributed by atoms with E-state index in [1.165, 1.54) is 0 Å². The van der Waals surface area contributed by atoms with Crippen LogP contribution in [-0.2, 0) is 0 Å². The fourth-order valence-corrected chi connectivity index (χ4v) is 2.00. The second-order valence-corrected chi connectivity index (χ2v) is 4.33. The largest absolute Gasteiger partial charge is 0.497 e. The molecule has 1 aromatic carbocycles. The Morgan fingerprint density at radius 3 is 2.93 bits per heavy atom. The number of alkyl halides is 1. The first-order valence-corrected chi connectivity index (χ1v) is 5.17. The van der Waals surface area contributed by atoms with E-state index in [1.807, 2.05) is 24.3 Å². The van der Waals surface area contributed by atoms with Crippen LogP contribution in [0.1, 0.15) is 24.9 Å². The Morgan fingerprint density at radius 1 is 1.53 bits per heavy atom. The summed E-state index contributed by atoms with van der Waals surface area (Å²) in [5.74, 6) is 0.821. The van der Waals surface area contributed by atoms with Crippen LogP contribution in [0.3, 0.4) is 0 Å². The van der Waals surface area contributed by atoms with Crippen molar-refractivity contribution in [2.75, 3.05) is 13.7 Å². The second-order valence-electron chi connectivity index (χ2n) is 4.33. The van der Waals surface area contributed by atoms with Crippen LogP contribution in [0.4, 0.5) is 4.39 Å². The second kappa shape index (κ2) is 3.81. The van der Waals surface area contributed by atoms with Crippen LogP contribution in [0, 0.1) is 0 Å². The number of hydrogen-bond acceptors (Lipinski definition) is 2. The molecule has 1 N–H and O–H groups in total. The molecule has 3 heteroatoms. The molecule has 1 aliphatic rings. The highest BCUT2D eigenvalue weighted by atomic mass is 19.1. The van der Waals surface area contributed by atoms with Crippen LogP contribution in [0.25, 0.3) is 0 Å². The van der Waals surface area contributed by atoms with E-state index in [4.69, 9.17) is 4.74 Å². The van der Waals surface area contributed by atoms with Gasteiger partial charge in [0.05, 0.1) is 7.11 Å². The van der Waals surface area contributed by atoms with Crippen LogP contribution in [0.5, 0.6) is 5.75 Å². The summed E-state index contributed by atoms with van der Waals surface area (Å²) >= 11 is 0. The molecule has 0 spiro atoms. The van der Waals surface area contributed by atoms with Gasteiger partial charge >= 0.3 is 0 Å². The highest BCUT2D eigenvalue weighted by molar-refractivity contribution is 5.31. The van der Waals surface area contributed by atoms with Crippen molar-refractivity contribution < 1.29 is 9.13 Å². The van der Waals surface area contributed by atoms with E-state index in [0.29, 0.717) is 13.0 Å². The smallest absolute Gasteiger partial charge is 0.122 e. The minimum absolute atomic E-state index is 0.107. The van der Waals surface area contributed by atoms with Gasteiger partial charge in [0.25, 0.3) is 0 Å². The number of ether oxygens (including phenoxy) is 1. The summed E-state index contributed by atoms with van der Waals surface area (Å²) < 4.78 is 18.8. The Morgan fingerprint density at radius 2 is 2.33 bits per heavy atom. The molecule has 2 atom stereocenters. The number of nitrogens with one attached hydrogen (secondary N) is 1. The Kier molecular flexibility index (Phi) is 2.65. The molecule has 1 fully saturated rings. The first-order chi connectivity index (χ1) is 7.11. The van der Waals surface area contributed by atoms with Gasteiger partial charge < -0.3 is 10.1 Å². The lowest BCUT2D eigenvalue weighted by molar-refractivity contribution is 0.214. The average molecular weight is 209 g/mol. The lowest BCUT2D eigenvalue weighted by Gasteiger charge is -2.13. The normalized spacial score (nSPS) is 30.5. The summed E-state index contributed by atoms with van der Waals surface area (Å²) in [6.07, 6.45) is 0.528. The molecule has 15 heavy (non-hydrogen) atoms. The van der Waals surface area contributed by atoms with Gasteiger partial charge in [-0.3, -0.25) is 0 Å². The highest BCUT2D eigenvalue weighted by Crippen LogP contribution is 2.33. The average Bonchev–Trinajstić information content (AvgIpc) is 2.59. The predicted octanol–water partition coefficient (Wildman–Crippen LogP) is 2.46. The Balaban J connectivity index is 2.16. The van der Waals surface area contributed by atoms with Gasteiger partial charge in [0.2, 0.25) is 0 Å². The molecule has 0 amide bonds. The molecule has 2 nitrogen and oxygen atoms in total. The molecule has 0 aromatic heterocycles. The summed E-state index contributed by atoms with van der Waals surface area (Å²) in [7, 11) is 1.64. The van der Waals surface area contributed by atoms with Crippen LogP contribution in [0.2, 0.25) is 0 Å². The molecule has 0 bridgehead atoms. The summed E-state index contributed by atoms with van der Waals surface area (Å²) in [5, 5.41) is 3.18.